The molecule has 0 aliphatic carbocycles. The SMILES string of the molecule is CC(=O)N1CCN(c2ccc(N3CC(C(C)[C]=O)OC3=O)cn2)CC1. The van der Waals surface area contributed by atoms with Crippen molar-refractivity contribution < 1.29 is 19.1 Å². The van der Waals surface area contributed by atoms with Gasteiger partial charge >= 0.3 is 6.09 Å². The maximum atomic E-state index is 12.0. The molecule has 2 fully saturated rings. The van der Waals surface area contributed by atoms with Crippen LogP contribution in [0, 0.1) is 5.92 Å². The Balaban J connectivity index is 1.64. The minimum absolute atomic E-state index is 0.0897. The Hall–Kier alpha value is -2.64. The minimum atomic E-state index is -0.482. The first-order valence-corrected chi connectivity index (χ1v) is 8.32. The van der Waals surface area contributed by atoms with Crippen LogP contribution >= 0.6 is 0 Å². The Kier molecular flexibility index (Phi) is 4.87. The highest BCUT2D eigenvalue weighted by molar-refractivity contribution is 5.90. The molecule has 133 valence electrons. The van der Waals surface area contributed by atoms with Crippen LogP contribution in [-0.4, -0.2) is 67.0 Å². The second-order valence-electron chi connectivity index (χ2n) is 6.31. The highest BCUT2D eigenvalue weighted by atomic mass is 16.6. The predicted octanol–water partition coefficient (Wildman–Crippen LogP) is 0.821. The van der Waals surface area contributed by atoms with Gasteiger partial charge in [0.2, 0.25) is 12.2 Å². The average Bonchev–Trinajstić information content (AvgIpc) is 3.03. The molecule has 2 aliphatic rings. The number of rotatable bonds is 4. The van der Waals surface area contributed by atoms with Crippen molar-refractivity contribution in [2.75, 3.05) is 42.5 Å². The molecule has 1 aromatic heterocycles. The van der Waals surface area contributed by atoms with E-state index < -0.39 is 18.1 Å². The number of hydrogen-bond acceptors (Lipinski definition) is 6. The molecule has 8 nitrogen and oxygen atoms in total. The maximum Gasteiger partial charge on any atom is 0.414 e. The quantitative estimate of drug-likeness (QED) is 0.803. The largest absolute Gasteiger partial charge is 0.443 e. The molecule has 2 aliphatic heterocycles. The van der Waals surface area contributed by atoms with Crippen LogP contribution in [0.4, 0.5) is 16.3 Å². The Labute approximate surface area is 146 Å². The van der Waals surface area contributed by atoms with Gasteiger partial charge in [0.1, 0.15) is 11.9 Å². The van der Waals surface area contributed by atoms with Crippen LogP contribution in [0.3, 0.4) is 0 Å². The molecule has 25 heavy (non-hydrogen) atoms. The van der Waals surface area contributed by atoms with E-state index in [4.69, 9.17) is 4.74 Å². The maximum absolute atomic E-state index is 12.0. The van der Waals surface area contributed by atoms with Gasteiger partial charge in [0.15, 0.2) is 0 Å². The van der Waals surface area contributed by atoms with Crippen molar-refractivity contribution in [3.63, 3.8) is 0 Å². The highest BCUT2D eigenvalue weighted by Crippen LogP contribution is 2.25. The summed E-state index contributed by atoms with van der Waals surface area (Å²) in [7, 11) is 0. The van der Waals surface area contributed by atoms with Crippen molar-refractivity contribution in [2.45, 2.75) is 20.0 Å². The van der Waals surface area contributed by atoms with Crippen LogP contribution in [-0.2, 0) is 14.3 Å². The van der Waals surface area contributed by atoms with Gasteiger partial charge in [-0.25, -0.2) is 9.78 Å². The molecule has 3 heterocycles. The zero-order valence-electron chi connectivity index (χ0n) is 14.3. The number of aromatic nitrogens is 1. The molecule has 0 N–H and O–H groups in total. The summed E-state index contributed by atoms with van der Waals surface area (Å²) in [5, 5.41) is 0. The van der Waals surface area contributed by atoms with Crippen molar-refractivity contribution in [1.29, 1.82) is 0 Å². The molecular formula is C17H21N4O4. The number of carbonyl (C=O) groups is 2. The monoisotopic (exact) mass is 345 g/mol. The van der Waals surface area contributed by atoms with Crippen LogP contribution in [0.25, 0.3) is 0 Å². The summed E-state index contributed by atoms with van der Waals surface area (Å²) in [5.74, 6) is 0.441. The van der Waals surface area contributed by atoms with E-state index in [0.29, 0.717) is 25.3 Å². The van der Waals surface area contributed by atoms with E-state index in [1.807, 2.05) is 23.3 Å². The minimum Gasteiger partial charge on any atom is -0.443 e. The second-order valence-corrected chi connectivity index (χ2v) is 6.31. The van der Waals surface area contributed by atoms with Gasteiger partial charge in [-0.05, 0) is 12.1 Å². The lowest BCUT2D eigenvalue weighted by atomic mass is 10.1. The first kappa shape index (κ1) is 17.2. The normalized spacial score (nSPS) is 21.9. The zero-order valence-corrected chi connectivity index (χ0v) is 14.3. The summed E-state index contributed by atoms with van der Waals surface area (Å²) >= 11 is 0. The average molecular weight is 345 g/mol. The molecule has 0 bridgehead atoms. The van der Waals surface area contributed by atoms with Crippen LogP contribution in [0.1, 0.15) is 13.8 Å². The number of cyclic esters (lactones) is 1. The highest BCUT2D eigenvalue weighted by Gasteiger charge is 2.36. The Morgan fingerprint density at radius 1 is 1.32 bits per heavy atom. The lowest BCUT2D eigenvalue weighted by Crippen LogP contribution is -2.48. The second kappa shape index (κ2) is 7.08. The van der Waals surface area contributed by atoms with Crippen molar-refractivity contribution in [1.82, 2.24) is 9.88 Å². The van der Waals surface area contributed by atoms with E-state index >= 15 is 0 Å². The number of ether oxygens (including phenoxy) is 1. The summed E-state index contributed by atoms with van der Waals surface area (Å²) in [6.07, 6.45) is 2.53. The molecule has 8 heteroatoms. The van der Waals surface area contributed by atoms with Gasteiger partial charge in [-0.2, -0.15) is 0 Å². The lowest BCUT2D eigenvalue weighted by molar-refractivity contribution is -0.129. The fraction of sp³-hybridized carbons (Fsp3) is 0.529. The smallest absolute Gasteiger partial charge is 0.414 e. The molecule has 2 unspecified atom stereocenters. The summed E-state index contributed by atoms with van der Waals surface area (Å²) in [5.41, 5.74) is 0.636. The third-order valence-electron chi connectivity index (χ3n) is 4.67. The zero-order chi connectivity index (χ0) is 18.0. The molecular weight excluding hydrogens is 324 g/mol. The van der Waals surface area contributed by atoms with Crippen molar-refractivity contribution >= 4 is 29.8 Å². The predicted molar refractivity (Wildman–Crippen MR) is 91.2 cm³/mol. The van der Waals surface area contributed by atoms with Crippen LogP contribution in [0.15, 0.2) is 18.3 Å². The summed E-state index contributed by atoms with van der Waals surface area (Å²) in [6.45, 7) is 6.38. The summed E-state index contributed by atoms with van der Waals surface area (Å²) in [4.78, 5) is 44.0. The van der Waals surface area contributed by atoms with Gasteiger partial charge in [-0.15, -0.1) is 0 Å². The van der Waals surface area contributed by atoms with Gasteiger partial charge < -0.3 is 14.5 Å². The van der Waals surface area contributed by atoms with Crippen LogP contribution in [0.2, 0.25) is 0 Å². The lowest BCUT2D eigenvalue weighted by Gasteiger charge is -2.35. The fourth-order valence-electron chi connectivity index (χ4n) is 3.01. The van der Waals surface area contributed by atoms with Crippen LogP contribution in [0.5, 0.6) is 0 Å². The molecule has 2 atom stereocenters. The van der Waals surface area contributed by atoms with Crippen LogP contribution < -0.4 is 9.80 Å². The van der Waals surface area contributed by atoms with E-state index in [0.717, 1.165) is 18.9 Å². The molecule has 3 rings (SSSR count). The van der Waals surface area contributed by atoms with Crippen molar-refractivity contribution in [3.05, 3.63) is 18.3 Å². The molecule has 2 saturated heterocycles. The number of piperazine rings is 1. The van der Waals surface area contributed by atoms with Crippen molar-refractivity contribution in [3.8, 4) is 0 Å². The molecule has 2 amide bonds. The Bertz CT molecular complexity index is 655. The van der Waals surface area contributed by atoms with E-state index in [1.54, 1.807) is 20.0 Å². The Morgan fingerprint density at radius 2 is 2.04 bits per heavy atom. The van der Waals surface area contributed by atoms with E-state index in [9.17, 15) is 14.4 Å². The number of nitrogens with zero attached hydrogens (tertiary/aromatic N) is 4. The topological polar surface area (TPSA) is 83.0 Å². The fourth-order valence-corrected chi connectivity index (χ4v) is 3.01. The van der Waals surface area contributed by atoms with Gasteiger partial charge in [0.25, 0.3) is 0 Å². The van der Waals surface area contributed by atoms with E-state index in [-0.39, 0.29) is 5.91 Å². The summed E-state index contributed by atoms with van der Waals surface area (Å²) in [6, 6.07) is 3.67. The van der Waals surface area contributed by atoms with Gasteiger partial charge in [0, 0.05) is 33.1 Å². The number of pyridine rings is 1. The number of anilines is 2. The number of hydrogen-bond donors (Lipinski definition) is 0. The molecule has 1 radical (unpaired) electrons. The molecule has 0 spiro atoms. The molecule has 0 saturated carbocycles. The Morgan fingerprint density at radius 3 is 2.60 bits per heavy atom. The number of amides is 2. The first-order chi connectivity index (χ1) is 12.0. The van der Waals surface area contributed by atoms with Crippen molar-refractivity contribution in [2.24, 2.45) is 5.92 Å². The third kappa shape index (κ3) is 3.57. The molecule has 1 aromatic rings. The van der Waals surface area contributed by atoms with E-state index in [2.05, 4.69) is 9.88 Å². The molecule has 0 aromatic carbocycles. The van der Waals surface area contributed by atoms with Gasteiger partial charge in [0.05, 0.1) is 24.3 Å². The third-order valence-corrected chi connectivity index (χ3v) is 4.67. The number of carbonyl (C=O) groups excluding carboxylic acids is 3. The first-order valence-electron chi connectivity index (χ1n) is 8.32. The van der Waals surface area contributed by atoms with Gasteiger partial charge in [-0.1, -0.05) is 6.92 Å². The van der Waals surface area contributed by atoms with Gasteiger partial charge in [-0.3, -0.25) is 14.5 Å². The summed E-state index contributed by atoms with van der Waals surface area (Å²) < 4.78 is 5.21. The van der Waals surface area contributed by atoms with E-state index in [1.165, 1.54) is 4.90 Å². The standard InChI is InChI=1S/C17H21N4O4/c1-12(11-22)15-10-21(17(24)25-15)14-3-4-16(18-9-14)20-7-5-19(6-8-20)13(2)23/h3-4,9,12,15H,5-8,10H2,1-2H3.